The molecule has 28 heavy (non-hydrogen) atoms. The van der Waals surface area contributed by atoms with Crippen LogP contribution in [0.1, 0.15) is 25.0 Å². The molecule has 0 aliphatic rings. The van der Waals surface area contributed by atoms with Gasteiger partial charge in [0.1, 0.15) is 5.75 Å². The van der Waals surface area contributed by atoms with Gasteiger partial charge in [-0.05, 0) is 49.2 Å². The maximum Gasteiger partial charge on any atom is 0.311 e. The summed E-state index contributed by atoms with van der Waals surface area (Å²) in [6.45, 7) is 4.83. The summed E-state index contributed by atoms with van der Waals surface area (Å²) in [4.78, 5) is 35.5. The summed E-state index contributed by atoms with van der Waals surface area (Å²) in [6, 6.07) is 12.2. The van der Waals surface area contributed by atoms with Crippen molar-refractivity contribution in [2.24, 2.45) is 0 Å². The molecule has 0 radical (unpaired) electrons. The molecule has 2 amide bonds. The summed E-state index contributed by atoms with van der Waals surface area (Å²) in [5.41, 5.74) is 2.84. The molecule has 0 aliphatic carbocycles. The normalized spacial score (nSPS) is 11.3. The molecule has 2 rings (SSSR count). The fourth-order valence-corrected chi connectivity index (χ4v) is 2.52. The average Bonchev–Trinajstić information content (AvgIpc) is 2.63. The van der Waals surface area contributed by atoms with Crippen molar-refractivity contribution < 1.29 is 23.9 Å². The van der Waals surface area contributed by atoms with E-state index in [2.05, 4.69) is 10.6 Å². The van der Waals surface area contributed by atoms with Crippen LogP contribution in [0, 0.1) is 6.92 Å². The lowest BCUT2D eigenvalue weighted by Gasteiger charge is -2.15. The lowest BCUT2D eigenvalue weighted by atomic mass is 10.1. The van der Waals surface area contributed by atoms with Gasteiger partial charge >= 0.3 is 5.97 Å². The number of hydrogen-bond acceptors (Lipinski definition) is 5. The number of ether oxygens (including phenoxy) is 2. The first-order chi connectivity index (χ1) is 13.3. The molecule has 0 bridgehead atoms. The van der Waals surface area contributed by atoms with E-state index < -0.39 is 18.0 Å². The number of methoxy groups -OCH3 is 1. The second kappa shape index (κ2) is 9.55. The lowest BCUT2D eigenvalue weighted by Crippen LogP contribution is -2.30. The van der Waals surface area contributed by atoms with Crippen LogP contribution in [-0.4, -0.2) is 31.0 Å². The number of anilines is 2. The highest BCUT2D eigenvalue weighted by Crippen LogP contribution is 2.25. The summed E-state index contributed by atoms with van der Waals surface area (Å²) >= 11 is 0. The van der Waals surface area contributed by atoms with Crippen LogP contribution in [0.3, 0.4) is 0 Å². The molecule has 7 nitrogen and oxygen atoms in total. The van der Waals surface area contributed by atoms with Crippen LogP contribution in [0.2, 0.25) is 0 Å². The van der Waals surface area contributed by atoms with Crippen LogP contribution in [0.5, 0.6) is 5.75 Å². The molecule has 0 saturated carbocycles. The third kappa shape index (κ3) is 6.12. The van der Waals surface area contributed by atoms with Crippen LogP contribution in [0.4, 0.5) is 11.4 Å². The topological polar surface area (TPSA) is 93.7 Å². The summed E-state index contributed by atoms with van der Waals surface area (Å²) in [5, 5.41) is 5.37. The zero-order valence-electron chi connectivity index (χ0n) is 16.4. The Labute approximate surface area is 164 Å². The molecule has 0 aromatic heterocycles. The number of nitrogens with one attached hydrogen (secondary N) is 2. The highest BCUT2D eigenvalue weighted by Gasteiger charge is 2.19. The van der Waals surface area contributed by atoms with Gasteiger partial charge in [-0.25, -0.2) is 0 Å². The number of hydrogen-bond donors (Lipinski definition) is 2. The third-order valence-electron chi connectivity index (χ3n) is 3.91. The second-order valence-corrected chi connectivity index (χ2v) is 6.38. The molecule has 2 aromatic carbocycles. The minimum absolute atomic E-state index is 0.0196. The molecule has 7 heteroatoms. The zero-order valence-corrected chi connectivity index (χ0v) is 16.4. The maximum absolute atomic E-state index is 12.3. The van der Waals surface area contributed by atoms with E-state index in [9.17, 15) is 14.4 Å². The Hall–Kier alpha value is -3.35. The maximum atomic E-state index is 12.3. The van der Waals surface area contributed by atoms with E-state index in [1.165, 1.54) is 21.0 Å². The van der Waals surface area contributed by atoms with Crippen LogP contribution >= 0.6 is 0 Å². The van der Waals surface area contributed by atoms with E-state index in [1.807, 2.05) is 13.0 Å². The third-order valence-corrected chi connectivity index (χ3v) is 3.91. The van der Waals surface area contributed by atoms with Crippen molar-refractivity contribution in [3.05, 3.63) is 53.6 Å². The first-order valence-corrected chi connectivity index (χ1v) is 8.80. The molecule has 0 fully saturated rings. The minimum atomic E-state index is -0.962. The molecule has 1 atom stereocenters. The standard InChI is InChI=1S/C21H24N2O5/c1-13-5-10-19(27-4)18(11-13)23-21(26)14(2)28-20(25)12-16-6-8-17(9-7-16)22-15(3)24/h5-11,14H,12H2,1-4H3,(H,22,24)(H,23,26)/t14-/m0/s1. The van der Waals surface area contributed by atoms with Crippen LogP contribution in [-0.2, 0) is 25.5 Å². The second-order valence-electron chi connectivity index (χ2n) is 6.38. The van der Waals surface area contributed by atoms with Gasteiger partial charge in [0.05, 0.1) is 19.2 Å². The van der Waals surface area contributed by atoms with Crippen LogP contribution < -0.4 is 15.4 Å². The molecule has 2 N–H and O–H groups in total. The van der Waals surface area contributed by atoms with Crippen LogP contribution in [0.15, 0.2) is 42.5 Å². The SMILES string of the molecule is COc1ccc(C)cc1NC(=O)[C@H](C)OC(=O)Cc1ccc(NC(C)=O)cc1. The number of rotatable bonds is 7. The fraction of sp³-hybridized carbons (Fsp3) is 0.286. The molecule has 0 heterocycles. The summed E-state index contributed by atoms with van der Waals surface area (Å²) in [6.07, 6.45) is -0.942. The zero-order chi connectivity index (χ0) is 20.7. The average molecular weight is 384 g/mol. The summed E-state index contributed by atoms with van der Waals surface area (Å²) < 4.78 is 10.5. The Bertz CT molecular complexity index is 862. The molecule has 148 valence electrons. The smallest absolute Gasteiger partial charge is 0.311 e. The van der Waals surface area contributed by atoms with Gasteiger partial charge in [0.15, 0.2) is 6.10 Å². The summed E-state index contributed by atoms with van der Waals surface area (Å²) in [5.74, 6) is -0.613. The molecule has 0 spiro atoms. The predicted octanol–water partition coefficient (Wildman–Crippen LogP) is 3.07. The molecule has 2 aromatic rings. The molecule has 0 unspecified atom stereocenters. The van der Waals surface area contributed by atoms with Gasteiger partial charge in [0, 0.05) is 12.6 Å². The number of aryl methyl sites for hydroxylation is 1. The van der Waals surface area contributed by atoms with Gasteiger partial charge < -0.3 is 20.1 Å². The lowest BCUT2D eigenvalue weighted by molar-refractivity contribution is -0.152. The fourth-order valence-electron chi connectivity index (χ4n) is 2.52. The largest absolute Gasteiger partial charge is 0.495 e. The Morgan fingerprint density at radius 3 is 2.32 bits per heavy atom. The predicted molar refractivity (Wildman–Crippen MR) is 106 cm³/mol. The number of amides is 2. The quantitative estimate of drug-likeness (QED) is 0.716. The highest BCUT2D eigenvalue weighted by molar-refractivity contribution is 5.96. The van der Waals surface area contributed by atoms with Crippen molar-refractivity contribution in [1.29, 1.82) is 0 Å². The molecule has 0 saturated heterocycles. The minimum Gasteiger partial charge on any atom is -0.495 e. The van der Waals surface area contributed by atoms with Gasteiger partial charge in [-0.2, -0.15) is 0 Å². The van der Waals surface area contributed by atoms with Gasteiger partial charge in [0.25, 0.3) is 5.91 Å². The summed E-state index contributed by atoms with van der Waals surface area (Å²) in [7, 11) is 1.51. The van der Waals surface area contributed by atoms with Crippen molar-refractivity contribution in [2.45, 2.75) is 33.3 Å². The van der Waals surface area contributed by atoms with E-state index in [0.717, 1.165) is 5.56 Å². The van der Waals surface area contributed by atoms with E-state index in [-0.39, 0.29) is 12.3 Å². The van der Waals surface area contributed by atoms with Crippen molar-refractivity contribution in [1.82, 2.24) is 0 Å². The van der Waals surface area contributed by atoms with Crippen molar-refractivity contribution >= 4 is 29.2 Å². The Morgan fingerprint density at radius 1 is 1.04 bits per heavy atom. The molecular formula is C21H24N2O5. The molecule has 0 aliphatic heterocycles. The Balaban J connectivity index is 1.92. The monoisotopic (exact) mass is 384 g/mol. The van der Waals surface area contributed by atoms with Crippen molar-refractivity contribution in [2.75, 3.05) is 17.7 Å². The van der Waals surface area contributed by atoms with Crippen LogP contribution in [0.25, 0.3) is 0 Å². The van der Waals surface area contributed by atoms with Gasteiger partial charge in [0.2, 0.25) is 5.91 Å². The highest BCUT2D eigenvalue weighted by atomic mass is 16.5. The van der Waals surface area contributed by atoms with Crippen molar-refractivity contribution in [3.63, 3.8) is 0 Å². The van der Waals surface area contributed by atoms with E-state index in [0.29, 0.717) is 22.7 Å². The number of carbonyl (C=O) groups is 3. The first-order valence-electron chi connectivity index (χ1n) is 8.80. The van der Waals surface area contributed by atoms with E-state index >= 15 is 0 Å². The Morgan fingerprint density at radius 2 is 1.71 bits per heavy atom. The van der Waals surface area contributed by atoms with Gasteiger partial charge in [-0.15, -0.1) is 0 Å². The first kappa shape index (κ1) is 21.0. The molecular weight excluding hydrogens is 360 g/mol. The number of esters is 1. The van der Waals surface area contributed by atoms with Crippen molar-refractivity contribution in [3.8, 4) is 5.75 Å². The number of benzene rings is 2. The van der Waals surface area contributed by atoms with E-state index in [4.69, 9.17) is 9.47 Å². The van der Waals surface area contributed by atoms with E-state index in [1.54, 1.807) is 36.4 Å². The van der Waals surface area contributed by atoms with Gasteiger partial charge in [-0.1, -0.05) is 18.2 Å². The number of carbonyl (C=O) groups excluding carboxylic acids is 3. The Kier molecular flexibility index (Phi) is 7.14. The van der Waals surface area contributed by atoms with Gasteiger partial charge in [-0.3, -0.25) is 14.4 Å².